The van der Waals surface area contributed by atoms with Crippen molar-refractivity contribution in [1.82, 2.24) is 0 Å². The van der Waals surface area contributed by atoms with Crippen molar-refractivity contribution in [2.24, 2.45) is 23.5 Å². The third-order valence-electron chi connectivity index (χ3n) is 3.86. The topological polar surface area (TPSA) is 66.9 Å². The van der Waals surface area contributed by atoms with Crippen molar-refractivity contribution in [3.63, 3.8) is 0 Å². The minimum absolute atomic E-state index is 0.112. The lowest BCUT2D eigenvalue weighted by Crippen LogP contribution is -2.31. The summed E-state index contributed by atoms with van der Waals surface area (Å²) in [6.45, 7) is 2.00. The van der Waals surface area contributed by atoms with Crippen molar-refractivity contribution in [3.8, 4) is 6.07 Å². The van der Waals surface area contributed by atoms with Crippen LogP contribution in [0.4, 0.5) is 0 Å². The van der Waals surface area contributed by atoms with Gasteiger partial charge in [-0.2, -0.15) is 5.26 Å². The van der Waals surface area contributed by atoms with E-state index in [0.29, 0.717) is 5.92 Å². The molecule has 0 radical (unpaired) electrons. The molecule has 1 fully saturated rings. The smallest absolute Gasteiger partial charge is 0.235 e. The van der Waals surface area contributed by atoms with Crippen LogP contribution in [0.25, 0.3) is 0 Å². The summed E-state index contributed by atoms with van der Waals surface area (Å²) in [5, 5.41) is 8.97. The second-order valence-electron chi connectivity index (χ2n) is 4.97. The van der Waals surface area contributed by atoms with Crippen molar-refractivity contribution >= 4 is 5.91 Å². The van der Waals surface area contributed by atoms with Gasteiger partial charge in [-0.3, -0.25) is 4.79 Å². The lowest BCUT2D eigenvalue weighted by atomic mass is 9.76. The first-order valence-corrected chi connectivity index (χ1v) is 6.35. The van der Waals surface area contributed by atoms with Gasteiger partial charge in [0, 0.05) is 0 Å². The summed E-state index contributed by atoms with van der Waals surface area (Å²) in [6.07, 6.45) is 8.66. The standard InChI is InChI=1S/C13H22N2O/c1-10(12(9-14)13(15)16)11-7-5-3-2-4-6-8-11/h10-12H,2-8H2,1H3,(H2,15,16). The SMILES string of the molecule is CC(C1CCCCCCC1)C(C#N)C(N)=O. The van der Waals surface area contributed by atoms with Gasteiger partial charge in [-0.25, -0.2) is 0 Å². The summed E-state index contributed by atoms with van der Waals surface area (Å²) < 4.78 is 0. The number of nitrogens with two attached hydrogens (primary N) is 1. The van der Waals surface area contributed by atoms with E-state index in [1.165, 1.54) is 32.1 Å². The highest BCUT2D eigenvalue weighted by molar-refractivity contribution is 5.79. The van der Waals surface area contributed by atoms with Gasteiger partial charge < -0.3 is 5.73 Å². The molecule has 1 saturated carbocycles. The Hall–Kier alpha value is -1.04. The number of nitrogens with zero attached hydrogens (tertiary/aromatic N) is 1. The van der Waals surface area contributed by atoms with Gasteiger partial charge in [0.05, 0.1) is 6.07 Å². The molecule has 0 bridgehead atoms. The number of rotatable bonds is 3. The molecule has 90 valence electrons. The minimum Gasteiger partial charge on any atom is -0.369 e. The highest BCUT2D eigenvalue weighted by atomic mass is 16.1. The average molecular weight is 222 g/mol. The molecule has 1 amide bonds. The van der Waals surface area contributed by atoms with Crippen LogP contribution in [-0.2, 0) is 4.79 Å². The van der Waals surface area contributed by atoms with E-state index in [2.05, 4.69) is 6.07 Å². The summed E-state index contributed by atoms with van der Waals surface area (Å²) in [7, 11) is 0. The third kappa shape index (κ3) is 3.52. The molecule has 0 saturated heterocycles. The fourth-order valence-corrected chi connectivity index (χ4v) is 2.73. The van der Waals surface area contributed by atoms with E-state index >= 15 is 0 Å². The zero-order chi connectivity index (χ0) is 12.0. The van der Waals surface area contributed by atoms with Crippen molar-refractivity contribution in [2.75, 3.05) is 0 Å². The van der Waals surface area contributed by atoms with Crippen LogP contribution < -0.4 is 5.73 Å². The van der Waals surface area contributed by atoms with Crippen LogP contribution in [0.3, 0.4) is 0 Å². The van der Waals surface area contributed by atoms with Gasteiger partial charge in [0.25, 0.3) is 0 Å². The van der Waals surface area contributed by atoms with Crippen molar-refractivity contribution in [3.05, 3.63) is 0 Å². The Morgan fingerprint density at radius 3 is 2.19 bits per heavy atom. The number of amides is 1. The predicted molar refractivity (Wildman–Crippen MR) is 63.3 cm³/mol. The van der Waals surface area contributed by atoms with E-state index in [1.807, 2.05) is 6.92 Å². The minimum atomic E-state index is -0.607. The zero-order valence-electron chi connectivity index (χ0n) is 10.1. The molecule has 0 aromatic heterocycles. The Morgan fingerprint density at radius 1 is 1.25 bits per heavy atom. The summed E-state index contributed by atoms with van der Waals surface area (Å²) in [5.74, 6) is -0.459. The predicted octanol–water partition coefficient (Wildman–Crippen LogP) is 2.61. The fraction of sp³-hybridized carbons (Fsp3) is 0.846. The van der Waals surface area contributed by atoms with Crippen LogP contribution in [0.2, 0.25) is 0 Å². The van der Waals surface area contributed by atoms with Gasteiger partial charge >= 0.3 is 0 Å². The zero-order valence-corrected chi connectivity index (χ0v) is 10.1. The molecule has 2 N–H and O–H groups in total. The Kier molecular flexibility index (Phi) is 5.31. The highest BCUT2D eigenvalue weighted by Gasteiger charge is 2.29. The molecule has 1 aliphatic carbocycles. The molecule has 0 spiro atoms. The Balaban J connectivity index is 2.59. The number of hydrogen-bond acceptors (Lipinski definition) is 2. The largest absolute Gasteiger partial charge is 0.369 e. The van der Waals surface area contributed by atoms with Crippen LogP contribution in [-0.4, -0.2) is 5.91 Å². The molecule has 0 aromatic rings. The van der Waals surface area contributed by atoms with Gasteiger partial charge in [-0.1, -0.05) is 51.9 Å². The number of carbonyl (C=O) groups is 1. The molecule has 0 aromatic carbocycles. The Labute approximate surface area is 98.0 Å². The molecule has 3 nitrogen and oxygen atoms in total. The van der Waals surface area contributed by atoms with E-state index in [0.717, 1.165) is 12.8 Å². The van der Waals surface area contributed by atoms with E-state index in [4.69, 9.17) is 11.0 Å². The molecule has 1 aliphatic rings. The normalized spacial score (nSPS) is 22.5. The molecule has 1 rings (SSSR count). The molecular weight excluding hydrogens is 200 g/mol. The maximum atomic E-state index is 11.2. The van der Waals surface area contributed by atoms with E-state index in [9.17, 15) is 4.79 Å². The molecule has 2 atom stereocenters. The summed E-state index contributed by atoms with van der Waals surface area (Å²) in [5.41, 5.74) is 5.26. The van der Waals surface area contributed by atoms with E-state index < -0.39 is 11.8 Å². The molecule has 0 heterocycles. The first-order valence-electron chi connectivity index (χ1n) is 6.35. The third-order valence-corrected chi connectivity index (χ3v) is 3.86. The van der Waals surface area contributed by atoms with Crippen LogP contribution in [0.1, 0.15) is 51.9 Å². The number of primary amides is 1. The highest BCUT2D eigenvalue weighted by Crippen LogP contribution is 2.32. The van der Waals surface area contributed by atoms with Crippen molar-refractivity contribution < 1.29 is 4.79 Å². The Morgan fingerprint density at radius 2 is 1.75 bits per heavy atom. The van der Waals surface area contributed by atoms with E-state index in [1.54, 1.807) is 0 Å². The second-order valence-corrected chi connectivity index (χ2v) is 4.97. The van der Waals surface area contributed by atoms with Gasteiger partial charge in [0.15, 0.2) is 0 Å². The summed E-state index contributed by atoms with van der Waals surface area (Å²) >= 11 is 0. The van der Waals surface area contributed by atoms with Crippen LogP contribution in [0, 0.1) is 29.1 Å². The number of carbonyl (C=O) groups excluding carboxylic acids is 1. The maximum absolute atomic E-state index is 11.2. The first kappa shape index (κ1) is 13.0. The van der Waals surface area contributed by atoms with Crippen molar-refractivity contribution in [2.45, 2.75) is 51.9 Å². The lowest BCUT2D eigenvalue weighted by Gasteiger charge is -2.27. The van der Waals surface area contributed by atoms with Gasteiger partial charge in [-0.15, -0.1) is 0 Å². The quantitative estimate of drug-likeness (QED) is 0.797. The lowest BCUT2D eigenvalue weighted by molar-refractivity contribution is -0.122. The number of hydrogen-bond donors (Lipinski definition) is 1. The van der Waals surface area contributed by atoms with Crippen LogP contribution in [0.5, 0.6) is 0 Å². The van der Waals surface area contributed by atoms with Gasteiger partial charge in [0.2, 0.25) is 5.91 Å². The number of nitriles is 1. The van der Waals surface area contributed by atoms with Crippen LogP contribution in [0.15, 0.2) is 0 Å². The van der Waals surface area contributed by atoms with Crippen LogP contribution >= 0.6 is 0 Å². The van der Waals surface area contributed by atoms with Crippen molar-refractivity contribution in [1.29, 1.82) is 5.26 Å². The van der Waals surface area contributed by atoms with E-state index in [-0.39, 0.29) is 5.92 Å². The van der Waals surface area contributed by atoms with Gasteiger partial charge in [-0.05, 0) is 11.8 Å². The molecule has 16 heavy (non-hydrogen) atoms. The van der Waals surface area contributed by atoms with Gasteiger partial charge in [0.1, 0.15) is 5.92 Å². The first-order chi connectivity index (χ1) is 7.66. The maximum Gasteiger partial charge on any atom is 0.235 e. The molecular formula is C13H22N2O. The Bertz CT molecular complexity index is 262. The fourth-order valence-electron chi connectivity index (χ4n) is 2.73. The molecule has 3 heteroatoms. The molecule has 2 unspecified atom stereocenters. The summed E-state index contributed by atoms with van der Waals surface area (Å²) in [6, 6.07) is 2.06. The molecule has 0 aliphatic heterocycles. The average Bonchev–Trinajstić information content (AvgIpc) is 2.16. The summed E-state index contributed by atoms with van der Waals surface area (Å²) in [4.78, 5) is 11.2. The second kappa shape index (κ2) is 6.52. The monoisotopic (exact) mass is 222 g/mol.